The zero-order valence-electron chi connectivity index (χ0n) is 17.2. The SMILES string of the molecule is Cc1ccc(N2CCN(C(=O)C(O)c3ccccc3)CC2c2ccc(Cl)cc2)c(Cl)c1. The van der Waals surface area contributed by atoms with Gasteiger partial charge >= 0.3 is 0 Å². The Morgan fingerprint density at radius 2 is 1.71 bits per heavy atom. The summed E-state index contributed by atoms with van der Waals surface area (Å²) in [5, 5.41) is 12.0. The standard InChI is InChI=1S/C25H24Cl2N2O2/c1-17-7-12-22(21(27)15-17)29-14-13-28(16-23(29)18-8-10-20(26)11-9-18)25(31)24(30)19-5-3-2-4-6-19/h2-12,15,23-24,30H,13-14,16H2,1H3. The van der Waals surface area contributed by atoms with Crippen molar-refractivity contribution in [3.05, 3.63) is 99.5 Å². The number of halogens is 2. The highest BCUT2D eigenvalue weighted by molar-refractivity contribution is 6.33. The Labute approximate surface area is 192 Å². The van der Waals surface area contributed by atoms with Crippen LogP contribution >= 0.6 is 23.2 Å². The van der Waals surface area contributed by atoms with Crippen molar-refractivity contribution in [3.8, 4) is 0 Å². The van der Waals surface area contributed by atoms with E-state index in [9.17, 15) is 9.90 Å². The predicted molar refractivity (Wildman–Crippen MR) is 126 cm³/mol. The summed E-state index contributed by atoms with van der Waals surface area (Å²) in [5.41, 5.74) is 3.66. The van der Waals surface area contributed by atoms with Crippen LogP contribution in [0, 0.1) is 6.92 Å². The molecule has 4 nitrogen and oxygen atoms in total. The molecule has 1 saturated heterocycles. The molecule has 6 heteroatoms. The molecule has 0 spiro atoms. The number of amides is 1. The quantitative estimate of drug-likeness (QED) is 0.571. The van der Waals surface area contributed by atoms with Gasteiger partial charge in [-0.2, -0.15) is 0 Å². The van der Waals surface area contributed by atoms with E-state index < -0.39 is 6.10 Å². The summed E-state index contributed by atoms with van der Waals surface area (Å²) >= 11 is 12.7. The van der Waals surface area contributed by atoms with Crippen molar-refractivity contribution in [2.24, 2.45) is 0 Å². The molecular formula is C25H24Cl2N2O2. The molecule has 0 aromatic heterocycles. The zero-order valence-corrected chi connectivity index (χ0v) is 18.7. The van der Waals surface area contributed by atoms with E-state index in [4.69, 9.17) is 23.2 Å². The first-order valence-corrected chi connectivity index (χ1v) is 11.0. The van der Waals surface area contributed by atoms with E-state index in [1.807, 2.05) is 67.6 Å². The number of nitrogens with zero attached hydrogens (tertiary/aromatic N) is 2. The molecule has 1 aliphatic heterocycles. The normalized spacial score (nSPS) is 17.5. The molecule has 0 bridgehead atoms. The Morgan fingerprint density at radius 3 is 2.39 bits per heavy atom. The van der Waals surface area contributed by atoms with Crippen LogP contribution in [0.3, 0.4) is 0 Å². The van der Waals surface area contributed by atoms with Crippen molar-refractivity contribution < 1.29 is 9.90 Å². The topological polar surface area (TPSA) is 43.8 Å². The van der Waals surface area contributed by atoms with Gasteiger partial charge in [-0.3, -0.25) is 4.79 Å². The molecule has 1 heterocycles. The maximum atomic E-state index is 13.1. The highest BCUT2D eigenvalue weighted by atomic mass is 35.5. The van der Waals surface area contributed by atoms with Crippen LogP contribution in [0.5, 0.6) is 0 Å². The minimum Gasteiger partial charge on any atom is -0.378 e. The lowest BCUT2D eigenvalue weighted by atomic mass is 10.00. The molecule has 0 saturated carbocycles. The maximum Gasteiger partial charge on any atom is 0.256 e. The average molecular weight is 455 g/mol. The fourth-order valence-electron chi connectivity index (χ4n) is 4.04. The van der Waals surface area contributed by atoms with Gasteiger partial charge in [0.15, 0.2) is 6.10 Å². The molecule has 3 aromatic carbocycles. The van der Waals surface area contributed by atoms with Crippen LogP contribution in [-0.2, 0) is 4.79 Å². The predicted octanol–water partition coefficient (Wildman–Crippen LogP) is 5.43. The molecular weight excluding hydrogens is 431 g/mol. The first kappa shape index (κ1) is 21.7. The summed E-state index contributed by atoms with van der Waals surface area (Å²) in [4.78, 5) is 17.1. The molecule has 1 amide bonds. The van der Waals surface area contributed by atoms with Crippen LogP contribution in [0.15, 0.2) is 72.8 Å². The van der Waals surface area contributed by atoms with E-state index in [-0.39, 0.29) is 11.9 Å². The van der Waals surface area contributed by atoms with Gasteiger partial charge in [0.1, 0.15) is 0 Å². The Balaban J connectivity index is 1.64. The molecule has 31 heavy (non-hydrogen) atoms. The van der Waals surface area contributed by atoms with Gasteiger partial charge in [-0.05, 0) is 47.9 Å². The van der Waals surface area contributed by atoms with Gasteiger partial charge in [-0.25, -0.2) is 0 Å². The number of benzene rings is 3. The van der Waals surface area contributed by atoms with Crippen LogP contribution < -0.4 is 4.90 Å². The van der Waals surface area contributed by atoms with Crippen molar-refractivity contribution in [1.29, 1.82) is 0 Å². The molecule has 2 unspecified atom stereocenters. The van der Waals surface area contributed by atoms with Gasteiger partial charge in [-0.1, -0.05) is 71.7 Å². The van der Waals surface area contributed by atoms with Crippen LogP contribution in [0.25, 0.3) is 0 Å². The smallest absolute Gasteiger partial charge is 0.256 e. The van der Waals surface area contributed by atoms with Gasteiger partial charge in [-0.15, -0.1) is 0 Å². The number of aliphatic hydroxyl groups is 1. The third-order valence-corrected chi connectivity index (χ3v) is 6.26. The second-order valence-electron chi connectivity index (χ2n) is 7.81. The van der Waals surface area contributed by atoms with Crippen molar-refractivity contribution in [3.63, 3.8) is 0 Å². The lowest BCUT2D eigenvalue weighted by molar-refractivity contribution is -0.141. The van der Waals surface area contributed by atoms with Crippen molar-refractivity contribution >= 4 is 34.8 Å². The van der Waals surface area contributed by atoms with E-state index in [0.29, 0.717) is 35.2 Å². The number of aryl methyl sites for hydroxylation is 1. The number of aliphatic hydroxyl groups excluding tert-OH is 1. The molecule has 2 atom stereocenters. The number of hydrogen-bond acceptors (Lipinski definition) is 3. The summed E-state index contributed by atoms with van der Waals surface area (Å²) in [7, 11) is 0. The van der Waals surface area contributed by atoms with Crippen LogP contribution in [0.1, 0.15) is 28.8 Å². The molecule has 1 aliphatic rings. The van der Waals surface area contributed by atoms with E-state index in [0.717, 1.165) is 16.8 Å². The monoisotopic (exact) mass is 454 g/mol. The third-order valence-electron chi connectivity index (χ3n) is 5.71. The lowest BCUT2D eigenvalue weighted by Gasteiger charge is -2.44. The molecule has 1 N–H and O–H groups in total. The van der Waals surface area contributed by atoms with Gasteiger partial charge in [0.25, 0.3) is 5.91 Å². The maximum absolute atomic E-state index is 13.1. The second-order valence-corrected chi connectivity index (χ2v) is 8.66. The highest BCUT2D eigenvalue weighted by Crippen LogP contribution is 2.36. The van der Waals surface area contributed by atoms with Crippen LogP contribution in [0.4, 0.5) is 5.69 Å². The van der Waals surface area contributed by atoms with E-state index >= 15 is 0 Å². The number of hydrogen-bond donors (Lipinski definition) is 1. The number of carbonyl (C=O) groups excluding carboxylic acids is 1. The van der Waals surface area contributed by atoms with E-state index in [2.05, 4.69) is 4.90 Å². The van der Waals surface area contributed by atoms with Crippen molar-refractivity contribution in [2.75, 3.05) is 24.5 Å². The second kappa shape index (κ2) is 9.31. The van der Waals surface area contributed by atoms with E-state index in [1.165, 1.54) is 0 Å². The Morgan fingerprint density at radius 1 is 1.00 bits per heavy atom. The first-order valence-electron chi connectivity index (χ1n) is 10.2. The van der Waals surface area contributed by atoms with Gasteiger partial charge in [0.2, 0.25) is 0 Å². The summed E-state index contributed by atoms with van der Waals surface area (Å²) in [6, 6.07) is 22.6. The largest absolute Gasteiger partial charge is 0.378 e. The minimum absolute atomic E-state index is 0.113. The number of rotatable bonds is 4. The van der Waals surface area contributed by atoms with Gasteiger partial charge in [0, 0.05) is 24.7 Å². The van der Waals surface area contributed by atoms with Gasteiger partial charge in [0.05, 0.1) is 16.8 Å². The minimum atomic E-state index is -1.18. The summed E-state index contributed by atoms with van der Waals surface area (Å²) in [6.45, 7) is 3.54. The molecule has 1 fully saturated rings. The average Bonchev–Trinajstić information content (AvgIpc) is 2.79. The molecule has 3 aromatic rings. The number of piperazine rings is 1. The molecule has 4 rings (SSSR count). The Bertz CT molecular complexity index is 1060. The summed E-state index contributed by atoms with van der Waals surface area (Å²) in [6.07, 6.45) is -1.18. The molecule has 160 valence electrons. The van der Waals surface area contributed by atoms with Gasteiger partial charge < -0.3 is 14.9 Å². The third kappa shape index (κ3) is 4.72. The fraction of sp³-hybridized carbons (Fsp3) is 0.240. The molecule has 0 radical (unpaired) electrons. The summed E-state index contributed by atoms with van der Waals surface area (Å²) < 4.78 is 0. The van der Waals surface area contributed by atoms with E-state index in [1.54, 1.807) is 17.0 Å². The Kier molecular flexibility index (Phi) is 6.51. The van der Waals surface area contributed by atoms with Crippen molar-refractivity contribution in [2.45, 2.75) is 19.1 Å². The first-order chi connectivity index (χ1) is 14.9. The Hall–Kier alpha value is -2.53. The fourth-order valence-corrected chi connectivity index (χ4v) is 4.51. The number of anilines is 1. The van der Waals surface area contributed by atoms with Crippen LogP contribution in [-0.4, -0.2) is 35.5 Å². The highest BCUT2D eigenvalue weighted by Gasteiger charge is 2.34. The number of carbonyl (C=O) groups is 1. The van der Waals surface area contributed by atoms with Crippen molar-refractivity contribution in [1.82, 2.24) is 4.90 Å². The van der Waals surface area contributed by atoms with Crippen LogP contribution in [0.2, 0.25) is 10.0 Å². The lowest BCUT2D eigenvalue weighted by Crippen LogP contribution is -2.51. The zero-order chi connectivity index (χ0) is 22.0. The summed E-state index contributed by atoms with van der Waals surface area (Å²) in [5.74, 6) is -0.292. The molecule has 0 aliphatic carbocycles.